The summed E-state index contributed by atoms with van der Waals surface area (Å²) in [6.07, 6.45) is 4.08. The van der Waals surface area contributed by atoms with Gasteiger partial charge >= 0.3 is 0 Å². The highest BCUT2D eigenvalue weighted by Gasteiger charge is 2.49. The van der Waals surface area contributed by atoms with Crippen LogP contribution < -0.4 is 0 Å². The molecule has 0 radical (unpaired) electrons. The summed E-state index contributed by atoms with van der Waals surface area (Å²) >= 11 is 0. The van der Waals surface area contributed by atoms with E-state index in [0.29, 0.717) is 29.6 Å². The summed E-state index contributed by atoms with van der Waals surface area (Å²) in [5.41, 5.74) is 0. The number of hydrogen-bond donors (Lipinski definition) is 2. The van der Waals surface area contributed by atoms with Gasteiger partial charge in [0, 0.05) is 5.92 Å². The van der Waals surface area contributed by atoms with Gasteiger partial charge < -0.3 is 10.2 Å². The van der Waals surface area contributed by atoms with Gasteiger partial charge in [-0.25, -0.2) is 0 Å². The number of aliphatic hydroxyl groups excluding tert-OH is 2. The Morgan fingerprint density at radius 3 is 1.94 bits per heavy atom. The molecule has 4 unspecified atom stereocenters. The molecule has 2 saturated carbocycles. The van der Waals surface area contributed by atoms with Crippen molar-refractivity contribution in [1.82, 2.24) is 0 Å². The average molecular weight is 254 g/mol. The van der Waals surface area contributed by atoms with Crippen molar-refractivity contribution in [2.24, 2.45) is 35.5 Å². The standard InChI is InChI=1S/C16H30O2/c1-9(2)12-7-5-6-11-8-13(10(3)4)16(18)14(11)15(12)17/h9-18H,5-8H2,1-4H3/t11?,12-,13+,14?,15?,16?/m1/s1. The van der Waals surface area contributed by atoms with Crippen LogP contribution in [0.5, 0.6) is 0 Å². The van der Waals surface area contributed by atoms with Crippen molar-refractivity contribution >= 4 is 0 Å². The first-order chi connectivity index (χ1) is 8.43. The summed E-state index contributed by atoms with van der Waals surface area (Å²) in [6.45, 7) is 8.81. The van der Waals surface area contributed by atoms with E-state index in [1.54, 1.807) is 0 Å². The molecule has 2 rings (SSSR count). The van der Waals surface area contributed by atoms with Gasteiger partial charge in [0.15, 0.2) is 0 Å². The fourth-order valence-electron chi connectivity index (χ4n) is 4.47. The van der Waals surface area contributed by atoms with E-state index < -0.39 is 0 Å². The highest BCUT2D eigenvalue weighted by atomic mass is 16.3. The van der Waals surface area contributed by atoms with E-state index in [-0.39, 0.29) is 18.1 Å². The molecule has 2 aliphatic carbocycles. The molecule has 0 bridgehead atoms. The molecule has 2 nitrogen and oxygen atoms in total. The quantitative estimate of drug-likeness (QED) is 0.795. The minimum absolute atomic E-state index is 0.132. The van der Waals surface area contributed by atoms with Crippen LogP contribution in [-0.4, -0.2) is 22.4 Å². The molecule has 0 aromatic heterocycles. The summed E-state index contributed by atoms with van der Waals surface area (Å²) in [4.78, 5) is 0. The Morgan fingerprint density at radius 2 is 1.39 bits per heavy atom. The lowest BCUT2D eigenvalue weighted by molar-refractivity contribution is -0.0388. The van der Waals surface area contributed by atoms with Crippen LogP contribution >= 0.6 is 0 Å². The maximum Gasteiger partial charge on any atom is 0.0626 e. The molecule has 2 aliphatic rings. The fraction of sp³-hybridized carbons (Fsp3) is 1.00. The maximum atomic E-state index is 10.7. The second-order valence-electron chi connectivity index (χ2n) is 7.30. The van der Waals surface area contributed by atoms with Crippen molar-refractivity contribution in [2.75, 3.05) is 0 Å². The third kappa shape index (κ3) is 2.46. The Morgan fingerprint density at radius 1 is 0.833 bits per heavy atom. The summed E-state index contributed by atoms with van der Waals surface area (Å²) in [6, 6.07) is 0. The lowest BCUT2D eigenvalue weighted by atomic mass is 9.79. The fourth-order valence-corrected chi connectivity index (χ4v) is 4.47. The molecule has 106 valence electrons. The van der Waals surface area contributed by atoms with Gasteiger partial charge in [-0.15, -0.1) is 0 Å². The van der Waals surface area contributed by atoms with Gasteiger partial charge in [0.25, 0.3) is 0 Å². The molecular formula is C16H30O2. The highest BCUT2D eigenvalue weighted by Crippen LogP contribution is 2.49. The van der Waals surface area contributed by atoms with Crippen molar-refractivity contribution < 1.29 is 10.2 Å². The summed E-state index contributed by atoms with van der Waals surface area (Å²) in [5, 5.41) is 21.3. The van der Waals surface area contributed by atoms with E-state index in [1.807, 2.05) is 0 Å². The van der Waals surface area contributed by atoms with E-state index in [4.69, 9.17) is 0 Å². The average Bonchev–Trinajstić information content (AvgIpc) is 2.50. The first-order valence-electron chi connectivity index (χ1n) is 7.79. The van der Waals surface area contributed by atoms with E-state index >= 15 is 0 Å². The molecule has 0 amide bonds. The van der Waals surface area contributed by atoms with Gasteiger partial charge in [0.05, 0.1) is 12.2 Å². The third-order valence-corrected chi connectivity index (χ3v) is 5.61. The lowest BCUT2D eigenvalue weighted by Crippen LogP contribution is -2.39. The van der Waals surface area contributed by atoms with Crippen LogP contribution in [-0.2, 0) is 0 Å². The Bertz CT molecular complexity index is 272. The number of rotatable bonds is 2. The van der Waals surface area contributed by atoms with Gasteiger partial charge in [-0.1, -0.05) is 34.1 Å². The van der Waals surface area contributed by atoms with Crippen molar-refractivity contribution in [3.05, 3.63) is 0 Å². The smallest absolute Gasteiger partial charge is 0.0626 e. The van der Waals surface area contributed by atoms with Gasteiger partial charge in [0.2, 0.25) is 0 Å². The molecule has 0 aliphatic heterocycles. The molecular weight excluding hydrogens is 224 g/mol. The van der Waals surface area contributed by atoms with Gasteiger partial charge in [-0.3, -0.25) is 0 Å². The molecule has 18 heavy (non-hydrogen) atoms. The van der Waals surface area contributed by atoms with Crippen molar-refractivity contribution in [3.63, 3.8) is 0 Å². The zero-order valence-corrected chi connectivity index (χ0v) is 12.3. The molecule has 2 fully saturated rings. The first-order valence-corrected chi connectivity index (χ1v) is 7.79. The summed E-state index contributed by atoms with van der Waals surface area (Å²) < 4.78 is 0. The second-order valence-corrected chi connectivity index (χ2v) is 7.30. The normalized spacial score (nSPS) is 45.3. The van der Waals surface area contributed by atoms with Crippen LogP contribution in [0.15, 0.2) is 0 Å². The van der Waals surface area contributed by atoms with Crippen molar-refractivity contribution in [2.45, 2.75) is 65.6 Å². The van der Waals surface area contributed by atoms with Crippen LogP contribution in [0.2, 0.25) is 0 Å². The van der Waals surface area contributed by atoms with Crippen molar-refractivity contribution in [3.8, 4) is 0 Å². The summed E-state index contributed by atoms with van der Waals surface area (Å²) in [5.74, 6) is 2.49. The second kappa shape index (κ2) is 5.50. The van der Waals surface area contributed by atoms with Gasteiger partial charge in [-0.2, -0.15) is 0 Å². The molecule has 2 heteroatoms. The number of hydrogen-bond acceptors (Lipinski definition) is 2. The third-order valence-electron chi connectivity index (χ3n) is 5.61. The Hall–Kier alpha value is -0.0800. The predicted molar refractivity (Wildman–Crippen MR) is 74.1 cm³/mol. The number of fused-ring (bicyclic) bond motifs is 1. The van der Waals surface area contributed by atoms with Gasteiger partial charge in [-0.05, 0) is 48.9 Å². The largest absolute Gasteiger partial charge is 0.392 e. The van der Waals surface area contributed by atoms with Crippen LogP contribution in [0.25, 0.3) is 0 Å². The molecule has 6 atom stereocenters. The topological polar surface area (TPSA) is 40.5 Å². The Balaban J connectivity index is 2.18. The highest BCUT2D eigenvalue weighted by molar-refractivity contribution is 4.98. The van der Waals surface area contributed by atoms with Gasteiger partial charge in [0.1, 0.15) is 0 Å². The van der Waals surface area contributed by atoms with Crippen LogP contribution in [0.1, 0.15) is 53.4 Å². The number of aliphatic hydroxyl groups is 2. The monoisotopic (exact) mass is 254 g/mol. The van der Waals surface area contributed by atoms with Crippen LogP contribution in [0.4, 0.5) is 0 Å². The van der Waals surface area contributed by atoms with E-state index in [2.05, 4.69) is 27.7 Å². The minimum Gasteiger partial charge on any atom is -0.392 e. The molecule has 2 N–H and O–H groups in total. The van der Waals surface area contributed by atoms with E-state index in [9.17, 15) is 10.2 Å². The van der Waals surface area contributed by atoms with E-state index in [1.165, 1.54) is 12.8 Å². The summed E-state index contributed by atoms with van der Waals surface area (Å²) in [7, 11) is 0. The predicted octanol–water partition coefficient (Wildman–Crippen LogP) is 3.07. The Labute approximate surface area is 112 Å². The Kier molecular flexibility index (Phi) is 4.38. The van der Waals surface area contributed by atoms with Crippen LogP contribution in [0, 0.1) is 35.5 Å². The molecule has 0 saturated heterocycles. The van der Waals surface area contributed by atoms with E-state index in [0.717, 1.165) is 12.8 Å². The zero-order chi connectivity index (χ0) is 13.4. The SMILES string of the molecule is CC(C)[C@H]1CCCC2C[C@@H](C(C)C)C(O)C2C1O. The minimum atomic E-state index is -0.295. The molecule has 0 aromatic rings. The maximum absolute atomic E-state index is 10.7. The van der Waals surface area contributed by atoms with Crippen LogP contribution in [0.3, 0.4) is 0 Å². The molecule has 0 heterocycles. The zero-order valence-electron chi connectivity index (χ0n) is 12.3. The lowest BCUT2D eigenvalue weighted by Gasteiger charge is -2.33. The molecule has 0 aromatic carbocycles. The molecule has 0 spiro atoms. The first kappa shape index (κ1) is 14.3. The van der Waals surface area contributed by atoms with Crippen molar-refractivity contribution in [1.29, 1.82) is 0 Å².